The number of carbonyl (C=O) groups is 3. The average Bonchev–Trinajstić information content (AvgIpc) is 3.35. The first kappa shape index (κ1) is 65.6. The fraction of sp³-hybridized carbons (Fsp3) is 0.730. The van der Waals surface area contributed by atoms with Crippen LogP contribution in [-0.2, 0) is 28.6 Å². The van der Waals surface area contributed by atoms with Gasteiger partial charge in [0.05, 0.1) is 0 Å². The normalized spacial score (nSPS) is 12.7. The van der Waals surface area contributed by atoms with Gasteiger partial charge >= 0.3 is 17.9 Å². The summed E-state index contributed by atoms with van der Waals surface area (Å²) >= 11 is 0. The van der Waals surface area contributed by atoms with Gasteiger partial charge in [-0.25, -0.2) is 0 Å². The van der Waals surface area contributed by atoms with E-state index in [4.69, 9.17) is 14.2 Å². The molecule has 0 spiro atoms. The molecule has 1 atom stereocenters. The van der Waals surface area contributed by atoms with Crippen molar-refractivity contribution in [1.82, 2.24) is 0 Å². The van der Waals surface area contributed by atoms with Gasteiger partial charge in [-0.05, 0) is 116 Å². The highest BCUT2D eigenvalue weighted by Crippen LogP contribution is 2.15. The summed E-state index contributed by atoms with van der Waals surface area (Å²) < 4.78 is 16.9. The second kappa shape index (κ2) is 57.2. The average molecular weight is 962 g/mol. The highest BCUT2D eigenvalue weighted by atomic mass is 16.6. The van der Waals surface area contributed by atoms with Crippen molar-refractivity contribution in [2.45, 2.75) is 284 Å². The van der Waals surface area contributed by atoms with Gasteiger partial charge in [0.1, 0.15) is 13.2 Å². The summed E-state index contributed by atoms with van der Waals surface area (Å²) in [5.41, 5.74) is 0. The number of hydrogen-bond acceptors (Lipinski definition) is 6. The summed E-state index contributed by atoms with van der Waals surface area (Å²) in [5, 5.41) is 0. The van der Waals surface area contributed by atoms with Gasteiger partial charge in [-0.2, -0.15) is 0 Å². The van der Waals surface area contributed by atoms with Gasteiger partial charge in [-0.3, -0.25) is 14.4 Å². The van der Waals surface area contributed by atoms with Crippen molar-refractivity contribution >= 4 is 17.9 Å². The SMILES string of the molecule is CC/C=C\C/C=C\C/C=C\CCCCCCCC(=O)OC[C@H](COC(=O)CCCCCCCCCCC/C=C\C/C=C\CCCCC)OC(=O)CCCCCCCCC/C=C\C/C=C\CCCCC. The second-order valence-corrected chi connectivity index (χ2v) is 19.2. The van der Waals surface area contributed by atoms with E-state index in [1.165, 1.54) is 122 Å². The summed E-state index contributed by atoms with van der Waals surface area (Å²) in [6, 6.07) is 0. The molecule has 69 heavy (non-hydrogen) atoms. The van der Waals surface area contributed by atoms with E-state index >= 15 is 0 Å². The molecule has 0 bridgehead atoms. The molecule has 0 aromatic rings. The zero-order valence-corrected chi connectivity index (χ0v) is 45.3. The summed E-state index contributed by atoms with van der Waals surface area (Å²) in [5.74, 6) is -0.910. The maximum atomic E-state index is 12.9. The van der Waals surface area contributed by atoms with Gasteiger partial charge in [-0.15, -0.1) is 0 Å². The van der Waals surface area contributed by atoms with Gasteiger partial charge in [-0.1, -0.05) is 228 Å². The van der Waals surface area contributed by atoms with Gasteiger partial charge in [0.2, 0.25) is 0 Å². The van der Waals surface area contributed by atoms with Crippen LogP contribution in [0.1, 0.15) is 278 Å². The Morgan fingerprint density at radius 2 is 0.565 bits per heavy atom. The van der Waals surface area contributed by atoms with E-state index in [0.717, 1.165) is 116 Å². The highest BCUT2D eigenvalue weighted by Gasteiger charge is 2.19. The lowest BCUT2D eigenvalue weighted by atomic mass is 10.1. The Kier molecular flexibility index (Phi) is 54.3. The summed E-state index contributed by atoms with van der Waals surface area (Å²) in [4.78, 5) is 38.2. The molecule has 0 heterocycles. The Morgan fingerprint density at radius 1 is 0.304 bits per heavy atom. The molecule has 0 saturated heterocycles. The number of carbonyl (C=O) groups excluding carboxylic acids is 3. The van der Waals surface area contributed by atoms with Crippen LogP contribution in [-0.4, -0.2) is 37.2 Å². The number of hydrogen-bond donors (Lipinski definition) is 0. The van der Waals surface area contributed by atoms with Crippen molar-refractivity contribution < 1.29 is 28.6 Å². The Bertz CT molecular complexity index is 1330. The van der Waals surface area contributed by atoms with E-state index < -0.39 is 6.10 Å². The first-order valence-electron chi connectivity index (χ1n) is 29.1. The van der Waals surface area contributed by atoms with E-state index in [9.17, 15) is 14.4 Å². The molecule has 0 aliphatic rings. The van der Waals surface area contributed by atoms with Crippen molar-refractivity contribution in [3.8, 4) is 0 Å². The zero-order valence-electron chi connectivity index (χ0n) is 45.3. The molecule has 0 aromatic heterocycles. The molecule has 0 amide bonds. The Labute approximate surface area is 426 Å². The Morgan fingerprint density at radius 3 is 0.884 bits per heavy atom. The maximum absolute atomic E-state index is 12.9. The lowest BCUT2D eigenvalue weighted by Crippen LogP contribution is -2.30. The summed E-state index contributed by atoms with van der Waals surface area (Å²) in [6.45, 7) is 6.47. The molecule has 6 heteroatoms. The molecular formula is C63H108O6. The summed E-state index contributed by atoms with van der Waals surface area (Å²) in [7, 11) is 0. The van der Waals surface area contributed by atoms with Gasteiger partial charge in [0.25, 0.3) is 0 Å². The molecule has 0 aromatic carbocycles. The molecule has 396 valence electrons. The number of ether oxygens (including phenoxy) is 3. The van der Waals surface area contributed by atoms with Crippen LogP contribution in [0.25, 0.3) is 0 Å². The molecule has 0 radical (unpaired) electrons. The predicted octanol–water partition coefficient (Wildman–Crippen LogP) is 19.5. The van der Waals surface area contributed by atoms with E-state index in [-0.39, 0.29) is 31.1 Å². The van der Waals surface area contributed by atoms with Crippen LogP contribution < -0.4 is 0 Å². The second-order valence-electron chi connectivity index (χ2n) is 19.2. The smallest absolute Gasteiger partial charge is 0.306 e. The van der Waals surface area contributed by atoms with Crippen molar-refractivity contribution in [2.75, 3.05) is 13.2 Å². The van der Waals surface area contributed by atoms with Crippen LogP contribution in [0.5, 0.6) is 0 Å². The van der Waals surface area contributed by atoms with Crippen LogP contribution in [0.3, 0.4) is 0 Å². The fourth-order valence-corrected chi connectivity index (χ4v) is 7.99. The minimum absolute atomic E-state index is 0.0875. The molecule has 0 N–H and O–H groups in total. The number of rotatable bonds is 52. The van der Waals surface area contributed by atoms with Crippen LogP contribution in [0.15, 0.2) is 85.1 Å². The van der Waals surface area contributed by atoms with Gasteiger partial charge < -0.3 is 14.2 Å². The third-order valence-electron chi connectivity index (χ3n) is 12.4. The maximum Gasteiger partial charge on any atom is 0.306 e. The monoisotopic (exact) mass is 961 g/mol. The molecule has 6 nitrogen and oxygen atoms in total. The molecule has 0 aliphatic carbocycles. The molecule has 0 unspecified atom stereocenters. The van der Waals surface area contributed by atoms with E-state index in [1.54, 1.807) is 0 Å². The molecule has 0 fully saturated rings. The van der Waals surface area contributed by atoms with Crippen LogP contribution in [0.2, 0.25) is 0 Å². The largest absolute Gasteiger partial charge is 0.462 e. The van der Waals surface area contributed by atoms with Crippen molar-refractivity contribution in [3.05, 3.63) is 85.1 Å². The molecule has 0 rings (SSSR count). The molecule has 0 aliphatic heterocycles. The zero-order chi connectivity index (χ0) is 50.0. The number of unbranched alkanes of at least 4 members (excludes halogenated alkanes) is 27. The summed E-state index contributed by atoms with van der Waals surface area (Å²) in [6.07, 6.45) is 74.2. The minimum Gasteiger partial charge on any atom is -0.462 e. The first-order chi connectivity index (χ1) is 34.0. The predicted molar refractivity (Wildman–Crippen MR) is 297 cm³/mol. The van der Waals surface area contributed by atoms with Gasteiger partial charge in [0, 0.05) is 19.3 Å². The van der Waals surface area contributed by atoms with E-state index in [2.05, 4.69) is 106 Å². The molecule has 0 saturated carbocycles. The lowest BCUT2D eigenvalue weighted by molar-refractivity contribution is -0.167. The first-order valence-corrected chi connectivity index (χ1v) is 29.1. The van der Waals surface area contributed by atoms with Crippen LogP contribution in [0, 0.1) is 0 Å². The van der Waals surface area contributed by atoms with Crippen molar-refractivity contribution in [2.24, 2.45) is 0 Å². The van der Waals surface area contributed by atoms with Crippen molar-refractivity contribution in [1.29, 1.82) is 0 Å². The minimum atomic E-state index is -0.791. The standard InChI is InChI=1S/C63H108O6/c1-4-7-10-13-16-19-22-25-28-30-31-33-35-38-41-44-47-50-53-56-62(65)68-59-60(58-67-61(64)55-52-49-46-43-40-37-34-27-24-21-18-15-12-9-6-3)69-63(66)57-54-51-48-45-42-39-36-32-29-26-23-20-17-14-11-8-5-2/h9,12,16-21,25-29,34,60H,4-8,10-11,13-15,22-24,30-33,35-59H2,1-3H3/b12-9-,19-16-,20-17-,21-18-,28-25-,29-26-,34-27-/t60-/m1/s1. The Balaban J connectivity index is 4.41. The van der Waals surface area contributed by atoms with Crippen LogP contribution >= 0.6 is 0 Å². The van der Waals surface area contributed by atoms with Gasteiger partial charge in [0.15, 0.2) is 6.10 Å². The Hall–Kier alpha value is -3.41. The topological polar surface area (TPSA) is 78.9 Å². The number of allylic oxidation sites excluding steroid dienone is 14. The van der Waals surface area contributed by atoms with Crippen molar-refractivity contribution in [3.63, 3.8) is 0 Å². The third kappa shape index (κ3) is 55.4. The molecular weight excluding hydrogens is 853 g/mol. The van der Waals surface area contributed by atoms with E-state index in [0.29, 0.717) is 19.3 Å². The third-order valence-corrected chi connectivity index (χ3v) is 12.4. The lowest BCUT2D eigenvalue weighted by Gasteiger charge is -2.18. The quantitative estimate of drug-likeness (QED) is 0.0262. The van der Waals surface area contributed by atoms with Crippen LogP contribution in [0.4, 0.5) is 0 Å². The number of esters is 3. The highest BCUT2D eigenvalue weighted by molar-refractivity contribution is 5.71. The van der Waals surface area contributed by atoms with E-state index in [1.807, 2.05) is 0 Å². The fourth-order valence-electron chi connectivity index (χ4n) is 7.99.